The molecule has 5 heteroatoms. The third-order valence-corrected chi connectivity index (χ3v) is 3.62. The minimum Gasteiger partial charge on any atom is -0.445 e. The van der Waals surface area contributed by atoms with E-state index in [9.17, 15) is 4.79 Å². The lowest BCUT2D eigenvalue weighted by atomic mass is 10.0. The fourth-order valence-electron chi connectivity index (χ4n) is 2.38. The monoisotopic (exact) mass is 329 g/mol. The topological polar surface area (TPSA) is 67.8 Å². The fraction of sp³-hybridized carbons (Fsp3) is 0.316. The number of hydrogen-bond donors (Lipinski definition) is 2. The molecule has 0 aliphatic carbocycles. The first-order chi connectivity index (χ1) is 11.7. The van der Waals surface area contributed by atoms with E-state index in [1.807, 2.05) is 61.5 Å². The number of hydrogen-bond acceptors (Lipinski definition) is 4. The van der Waals surface area contributed by atoms with E-state index >= 15 is 0 Å². The smallest absolute Gasteiger partial charge is 0.407 e. The summed E-state index contributed by atoms with van der Waals surface area (Å²) in [5.41, 5.74) is 3.18. The molecule has 0 unspecified atom stereocenters. The molecule has 0 heterocycles. The van der Waals surface area contributed by atoms with Crippen molar-refractivity contribution in [3.05, 3.63) is 71.3 Å². The van der Waals surface area contributed by atoms with Crippen molar-refractivity contribution in [3.63, 3.8) is 0 Å². The van der Waals surface area contributed by atoms with Gasteiger partial charge in [0.25, 0.3) is 0 Å². The Labute approximate surface area is 142 Å². The van der Waals surface area contributed by atoms with Gasteiger partial charge in [0.2, 0.25) is 0 Å². The van der Waals surface area contributed by atoms with Crippen LogP contribution in [0.1, 0.15) is 23.6 Å². The van der Waals surface area contributed by atoms with Crippen molar-refractivity contribution < 1.29 is 19.7 Å². The van der Waals surface area contributed by atoms with Crippen molar-refractivity contribution in [2.24, 2.45) is 0 Å². The molecule has 0 spiro atoms. The number of carbonyl (C=O) groups is 1. The van der Waals surface area contributed by atoms with Gasteiger partial charge in [-0.15, -0.1) is 0 Å². The summed E-state index contributed by atoms with van der Waals surface area (Å²) in [6.45, 7) is 2.49. The maximum Gasteiger partial charge on any atom is 0.407 e. The Morgan fingerprint density at radius 2 is 1.71 bits per heavy atom. The van der Waals surface area contributed by atoms with Gasteiger partial charge in [-0.3, -0.25) is 5.26 Å². The molecule has 0 radical (unpaired) electrons. The minimum atomic E-state index is -0.414. The number of rotatable bonds is 8. The van der Waals surface area contributed by atoms with Gasteiger partial charge in [0.05, 0.1) is 6.61 Å². The van der Waals surface area contributed by atoms with Crippen LogP contribution in [-0.4, -0.2) is 24.0 Å². The first-order valence-electron chi connectivity index (χ1n) is 7.99. The first-order valence-corrected chi connectivity index (χ1v) is 7.99. The predicted molar refractivity (Wildman–Crippen MR) is 91.7 cm³/mol. The molecular formula is C19H23NO4. The highest BCUT2D eigenvalue weighted by Crippen LogP contribution is 2.08. The maximum absolute atomic E-state index is 11.8. The molecule has 128 valence electrons. The molecule has 0 saturated carbocycles. The summed E-state index contributed by atoms with van der Waals surface area (Å²) in [7, 11) is 0. The summed E-state index contributed by atoms with van der Waals surface area (Å²) in [4.78, 5) is 15.9. The summed E-state index contributed by atoms with van der Waals surface area (Å²) in [5, 5.41) is 11.2. The van der Waals surface area contributed by atoms with Crippen molar-refractivity contribution in [1.29, 1.82) is 0 Å². The molecule has 24 heavy (non-hydrogen) atoms. The Morgan fingerprint density at radius 3 is 2.38 bits per heavy atom. The Hall–Kier alpha value is -2.37. The van der Waals surface area contributed by atoms with Gasteiger partial charge in [-0.2, -0.15) is 0 Å². The van der Waals surface area contributed by atoms with Crippen LogP contribution in [0.5, 0.6) is 0 Å². The van der Waals surface area contributed by atoms with E-state index in [1.165, 1.54) is 0 Å². The maximum atomic E-state index is 11.8. The minimum absolute atomic E-state index is 0.0279. The van der Waals surface area contributed by atoms with Crippen LogP contribution in [0, 0.1) is 0 Å². The number of ether oxygens (including phenoxy) is 1. The van der Waals surface area contributed by atoms with Gasteiger partial charge < -0.3 is 10.1 Å². The second-order valence-electron chi connectivity index (χ2n) is 5.71. The van der Waals surface area contributed by atoms with Crippen LogP contribution >= 0.6 is 0 Å². The number of alkyl carbamates (subject to hydrolysis) is 1. The van der Waals surface area contributed by atoms with Gasteiger partial charge in [-0.05, 0) is 36.5 Å². The summed E-state index contributed by atoms with van der Waals surface area (Å²) in [6, 6.07) is 17.6. The molecule has 0 aliphatic heterocycles. The predicted octanol–water partition coefficient (Wildman–Crippen LogP) is 3.58. The van der Waals surface area contributed by atoms with Crippen LogP contribution in [-0.2, 0) is 29.1 Å². The zero-order chi connectivity index (χ0) is 17.2. The summed E-state index contributed by atoms with van der Waals surface area (Å²) >= 11 is 0. The molecule has 0 aromatic heterocycles. The number of carbonyl (C=O) groups excluding carboxylic acids is 1. The largest absolute Gasteiger partial charge is 0.445 e. The molecule has 0 saturated heterocycles. The van der Waals surface area contributed by atoms with Crippen LogP contribution in [0.25, 0.3) is 0 Å². The third-order valence-electron chi connectivity index (χ3n) is 3.62. The van der Waals surface area contributed by atoms with Crippen LogP contribution in [0.4, 0.5) is 4.79 Å². The van der Waals surface area contributed by atoms with Crippen LogP contribution in [0.2, 0.25) is 0 Å². The van der Waals surface area contributed by atoms with Gasteiger partial charge >= 0.3 is 6.09 Å². The molecule has 2 aromatic carbocycles. The van der Waals surface area contributed by atoms with E-state index in [1.54, 1.807) is 0 Å². The van der Waals surface area contributed by atoms with Crippen LogP contribution in [0.3, 0.4) is 0 Å². The second-order valence-corrected chi connectivity index (χ2v) is 5.71. The SMILES string of the molecule is C[C@H](Cc1ccc(CCOO)cc1)NC(=O)OCc1ccccc1. The Balaban J connectivity index is 1.73. The number of benzene rings is 2. The molecule has 1 amide bonds. The normalized spacial score (nSPS) is 11.8. The Kier molecular flexibility index (Phi) is 7.26. The summed E-state index contributed by atoms with van der Waals surface area (Å²) in [6.07, 6.45) is 0.969. The standard InChI is InChI=1S/C19H23NO4/c1-15(13-17-9-7-16(8-10-17)11-12-24-22)20-19(21)23-14-18-5-3-2-4-6-18/h2-10,15,22H,11-14H2,1H3,(H,20,21)/t15-/m1/s1. The summed E-state index contributed by atoms with van der Waals surface area (Å²) in [5.74, 6) is 0. The Morgan fingerprint density at radius 1 is 1.04 bits per heavy atom. The van der Waals surface area contributed by atoms with Gasteiger partial charge in [0, 0.05) is 6.04 Å². The van der Waals surface area contributed by atoms with Gasteiger partial charge in [-0.1, -0.05) is 54.6 Å². The molecule has 0 aliphatic rings. The zero-order valence-corrected chi connectivity index (χ0v) is 13.8. The molecule has 0 bridgehead atoms. The third kappa shape index (κ3) is 6.40. The number of amides is 1. The molecule has 5 nitrogen and oxygen atoms in total. The Bertz CT molecular complexity index is 613. The molecule has 1 atom stereocenters. The molecule has 2 N–H and O–H groups in total. The zero-order valence-electron chi connectivity index (χ0n) is 13.8. The van der Waals surface area contributed by atoms with Crippen molar-refractivity contribution in [1.82, 2.24) is 5.32 Å². The quantitative estimate of drug-likeness (QED) is 0.574. The molecular weight excluding hydrogens is 306 g/mol. The highest BCUT2D eigenvalue weighted by atomic mass is 17.1. The highest BCUT2D eigenvalue weighted by molar-refractivity contribution is 5.67. The van der Waals surface area contributed by atoms with E-state index in [4.69, 9.17) is 9.99 Å². The van der Waals surface area contributed by atoms with Gasteiger partial charge in [-0.25, -0.2) is 9.68 Å². The van der Waals surface area contributed by atoms with Crippen molar-refractivity contribution in [3.8, 4) is 0 Å². The van der Waals surface area contributed by atoms with E-state index in [2.05, 4.69) is 10.2 Å². The van der Waals surface area contributed by atoms with Crippen molar-refractivity contribution in [2.75, 3.05) is 6.61 Å². The lowest BCUT2D eigenvalue weighted by Gasteiger charge is -2.14. The van der Waals surface area contributed by atoms with Crippen LogP contribution in [0.15, 0.2) is 54.6 Å². The number of nitrogens with one attached hydrogen (secondary N) is 1. The van der Waals surface area contributed by atoms with Crippen LogP contribution < -0.4 is 5.32 Å². The molecule has 2 aromatic rings. The lowest BCUT2D eigenvalue weighted by Crippen LogP contribution is -2.34. The molecule has 0 fully saturated rings. The van der Waals surface area contributed by atoms with Gasteiger partial charge in [0.15, 0.2) is 0 Å². The van der Waals surface area contributed by atoms with E-state index in [0.29, 0.717) is 6.42 Å². The van der Waals surface area contributed by atoms with E-state index in [-0.39, 0.29) is 19.3 Å². The van der Waals surface area contributed by atoms with E-state index < -0.39 is 6.09 Å². The lowest BCUT2D eigenvalue weighted by molar-refractivity contribution is -0.241. The van der Waals surface area contributed by atoms with Crippen molar-refractivity contribution in [2.45, 2.75) is 32.4 Å². The molecule has 2 rings (SSSR count). The highest BCUT2D eigenvalue weighted by Gasteiger charge is 2.09. The summed E-state index contributed by atoms with van der Waals surface area (Å²) < 4.78 is 5.21. The second kappa shape index (κ2) is 9.70. The van der Waals surface area contributed by atoms with Gasteiger partial charge in [0.1, 0.15) is 6.61 Å². The average molecular weight is 329 g/mol. The van der Waals surface area contributed by atoms with Crippen molar-refractivity contribution >= 4 is 6.09 Å². The first kappa shape index (κ1) is 18.0. The average Bonchev–Trinajstić information content (AvgIpc) is 2.60. The van der Waals surface area contributed by atoms with E-state index in [0.717, 1.165) is 23.1 Å². The fourth-order valence-corrected chi connectivity index (χ4v) is 2.38.